The monoisotopic (exact) mass is 276 g/mol. The number of hydrogen-bond donors (Lipinski definition) is 2. The van der Waals surface area contributed by atoms with Gasteiger partial charge in [-0.3, -0.25) is 0 Å². The van der Waals surface area contributed by atoms with E-state index in [2.05, 4.69) is 0 Å². The Morgan fingerprint density at radius 1 is 0.941 bits per heavy atom. The maximum absolute atomic E-state index is 12.8. The van der Waals surface area contributed by atoms with Gasteiger partial charge in [-0.25, -0.2) is 9.18 Å². The van der Waals surface area contributed by atoms with Gasteiger partial charge in [0.1, 0.15) is 0 Å². The summed E-state index contributed by atoms with van der Waals surface area (Å²) in [5, 5.41) is 15.6. The molecule has 0 rings (SSSR count). The molecule has 0 bridgehead atoms. The quantitative estimate of drug-likeness (QED) is 0.767. The molecule has 0 saturated carbocycles. The number of rotatable bonds is 4. The Balaban J connectivity index is 5.81. The predicted molar refractivity (Wildman–Crippen MR) is 34.5 cm³/mol. The highest BCUT2D eigenvalue weighted by Gasteiger charge is 2.82. The van der Waals surface area contributed by atoms with E-state index in [1.807, 2.05) is 0 Å². The zero-order chi connectivity index (χ0) is 14.3. The predicted octanol–water partition coefficient (Wildman–Crippen LogP) is 1.60. The molecule has 0 amide bonds. The number of carboxylic acids is 1. The van der Waals surface area contributed by atoms with Crippen LogP contribution in [0.15, 0.2) is 0 Å². The molecule has 17 heavy (non-hydrogen) atoms. The van der Waals surface area contributed by atoms with Crippen LogP contribution < -0.4 is 0 Å². The first kappa shape index (κ1) is 15.9. The number of carbonyl (C=O) groups is 1. The van der Waals surface area contributed by atoms with Crippen molar-refractivity contribution in [3.05, 3.63) is 0 Å². The molecule has 2 N–H and O–H groups in total. The average Bonchev–Trinajstić information content (AvgIpc) is 2.13. The van der Waals surface area contributed by atoms with Crippen molar-refractivity contribution in [3.63, 3.8) is 0 Å². The van der Waals surface area contributed by atoms with E-state index in [4.69, 9.17) is 10.2 Å². The minimum Gasteiger partial charge on any atom is -0.477 e. The molecule has 0 fully saturated rings. The zero-order valence-corrected chi connectivity index (χ0v) is 7.53. The van der Waals surface area contributed by atoms with Gasteiger partial charge in [0.15, 0.2) is 0 Å². The van der Waals surface area contributed by atoms with E-state index in [0.717, 1.165) is 0 Å². The number of halogens is 8. The van der Waals surface area contributed by atoms with Crippen molar-refractivity contribution in [2.75, 3.05) is 6.61 Å². The zero-order valence-electron chi connectivity index (χ0n) is 7.53. The lowest BCUT2D eigenvalue weighted by molar-refractivity contribution is -0.354. The summed E-state index contributed by atoms with van der Waals surface area (Å²) in [7, 11) is 0. The summed E-state index contributed by atoms with van der Waals surface area (Å²) >= 11 is 0. The second-order valence-electron chi connectivity index (χ2n) is 2.91. The van der Waals surface area contributed by atoms with E-state index in [0.29, 0.717) is 0 Å². The lowest BCUT2D eigenvalue weighted by Crippen LogP contribution is -2.67. The molecular weight excluding hydrogens is 272 g/mol. The fourth-order valence-corrected chi connectivity index (χ4v) is 0.750. The third-order valence-electron chi connectivity index (χ3n) is 1.83. The van der Waals surface area contributed by atoms with Gasteiger partial charge in [-0.2, -0.15) is 30.7 Å². The van der Waals surface area contributed by atoms with E-state index in [1.165, 1.54) is 0 Å². The van der Waals surface area contributed by atoms with Crippen LogP contribution in [0.5, 0.6) is 0 Å². The molecule has 0 aromatic heterocycles. The number of hydrogen-bond acceptors (Lipinski definition) is 2. The summed E-state index contributed by atoms with van der Waals surface area (Å²) < 4.78 is 98.2. The second-order valence-corrected chi connectivity index (χ2v) is 2.91. The van der Waals surface area contributed by atoms with Gasteiger partial charge >= 0.3 is 24.0 Å². The van der Waals surface area contributed by atoms with Crippen molar-refractivity contribution in [1.82, 2.24) is 0 Å². The van der Waals surface area contributed by atoms with E-state index in [-0.39, 0.29) is 0 Å². The van der Waals surface area contributed by atoms with Gasteiger partial charge in [0.25, 0.3) is 5.67 Å². The topological polar surface area (TPSA) is 57.5 Å². The molecule has 0 radical (unpaired) electrons. The molecule has 102 valence electrons. The van der Waals surface area contributed by atoms with Crippen molar-refractivity contribution in [2.45, 2.75) is 23.7 Å². The molecule has 11 heteroatoms. The van der Waals surface area contributed by atoms with E-state index in [1.54, 1.807) is 0 Å². The summed E-state index contributed by atoms with van der Waals surface area (Å²) in [6, 6.07) is 0. The standard InChI is InChI=1S/C6H4F8O3/c7-3(1-15,6(12,13)14)5(10,11)4(8,9)2(16)17/h15H,1H2,(H,16,17). The maximum atomic E-state index is 12.8. The van der Waals surface area contributed by atoms with Crippen molar-refractivity contribution < 1.29 is 50.1 Å². The van der Waals surface area contributed by atoms with Crippen LogP contribution in [0, 0.1) is 0 Å². The van der Waals surface area contributed by atoms with Crippen LogP contribution in [-0.2, 0) is 4.79 Å². The minimum atomic E-state index is -6.67. The molecule has 0 spiro atoms. The molecule has 0 aliphatic carbocycles. The second kappa shape index (κ2) is 3.96. The first-order valence-corrected chi connectivity index (χ1v) is 3.61. The Hall–Kier alpha value is -1.13. The van der Waals surface area contributed by atoms with E-state index < -0.39 is 36.3 Å². The van der Waals surface area contributed by atoms with Crippen LogP contribution in [0.4, 0.5) is 35.1 Å². The molecule has 1 unspecified atom stereocenters. The fourth-order valence-electron chi connectivity index (χ4n) is 0.750. The first-order chi connectivity index (χ1) is 7.25. The largest absolute Gasteiger partial charge is 0.477 e. The van der Waals surface area contributed by atoms with Crippen molar-refractivity contribution in [3.8, 4) is 0 Å². The number of aliphatic hydroxyl groups is 1. The van der Waals surface area contributed by atoms with Gasteiger partial charge < -0.3 is 10.2 Å². The summed E-state index contributed by atoms with van der Waals surface area (Å²) in [5.74, 6) is -16.7. The van der Waals surface area contributed by atoms with Gasteiger partial charge in [-0.1, -0.05) is 0 Å². The number of alkyl halides is 8. The summed E-state index contributed by atoms with van der Waals surface area (Å²) in [4.78, 5) is 9.71. The van der Waals surface area contributed by atoms with Gasteiger partial charge in [-0.05, 0) is 0 Å². The first-order valence-electron chi connectivity index (χ1n) is 3.61. The Morgan fingerprint density at radius 2 is 1.29 bits per heavy atom. The molecule has 0 saturated heterocycles. The molecule has 3 nitrogen and oxygen atoms in total. The Labute approximate surface area is 87.6 Å². The Morgan fingerprint density at radius 3 is 1.47 bits per heavy atom. The van der Waals surface area contributed by atoms with Crippen molar-refractivity contribution in [1.29, 1.82) is 0 Å². The van der Waals surface area contributed by atoms with Crippen LogP contribution in [-0.4, -0.2) is 46.5 Å². The van der Waals surface area contributed by atoms with Crippen molar-refractivity contribution in [2.24, 2.45) is 0 Å². The smallest absolute Gasteiger partial charge is 0.431 e. The highest BCUT2D eigenvalue weighted by atomic mass is 19.4. The highest BCUT2D eigenvalue weighted by Crippen LogP contribution is 2.51. The van der Waals surface area contributed by atoms with Crippen LogP contribution in [0.2, 0.25) is 0 Å². The molecule has 0 aliphatic rings. The summed E-state index contributed by atoms with van der Waals surface area (Å²) in [6.07, 6.45) is -6.58. The van der Waals surface area contributed by atoms with Crippen LogP contribution in [0.1, 0.15) is 0 Å². The number of carboxylic acid groups (broad SMARTS) is 1. The molecule has 0 aromatic carbocycles. The van der Waals surface area contributed by atoms with Gasteiger partial charge in [-0.15, -0.1) is 0 Å². The summed E-state index contributed by atoms with van der Waals surface area (Å²) in [6.45, 7) is -3.05. The van der Waals surface area contributed by atoms with Gasteiger partial charge in [0.2, 0.25) is 0 Å². The third-order valence-corrected chi connectivity index (χ3v) is 1.83. The lowest BCUT2D eigenvalue weighted by Gasteiger charge is -2.35. The van der Waals surface area contributed by atoms with Gasteiger partial charge in [0, 0.05) is 0 Å². The molecule has 1 atom stereocenters. The van der Waals surface area contributed by atoms with Gasteiger partial charge in [0.05, 0.1) is 6.61 Å². The normalized spacial score (nSPS) is 17.7. The Bertz CT molecular complexity index is 311. The van der Waals surface area contributed by atoms with E-state index in [9.17, 15) is 39.9 Å². The third kappa shape index (κ3) is 2.03. The van der Waals surface area contributed by atoms with Crippen LogP contribution in [0.25, 0.3) is 0 Å². The highest BCUT2D eigenvalue weighted by molar-refractivity contribution is 5.77. The molecule has 0 heterocycles. The molecular formula is C6H4F8O3. The summed E-state index contributed by atoms with van der Waals surface area (Å²) in [5.41, 5.74) is -6.07. The fraction of sp³-hybridized carbons (Fsp3) is 0.833. The Kier molecular flexibility index (Phi) is 3.70. The van der Waals surface area contributed by atoms with E-state index >= 15 is 0 Å². The number of aliphatic hydroxyl groups excluding tert-OH is 1. The maximum Gasteiger partial charge on any atom is 0.431 e. The van der Waals surface area contributed by atoms with Crippen molar-refractivity contribution >= 4 is 5.97 Å². The van der Waals surface area contributed by atoms with Crippen LogP contribution in [0.3, 0.4) is 0 Å². The lowest BCUT2D eigenvalue weighted by atomic mass is 9.92. The minimum absolute atomic E-state index is 3.05. The SMILES string of the molecule is O=C(O)C(F)(F)C(F)(F)C(F)(CO)C(F)(F)F. The average molecular weight is 276 g/mol. The molecule has 0 aliphatic heterocycles. The number of aliphatic carboxylic acids is 1. The molecule has 0 aromatic rings. The van der Waals surface area contributed by atoms with Crippen LogP contribution >= 0.6 is 0 Å².